The van der Waals surface area contributed by atoms with Crippen molar-refractivity contribution in [2.75, 3.05) is 40.4 Å². The molecule has 72 heavy (non-hydrogen) atoms. The van der Waals surface area contributed by atoms with Crippen molar-refractivity contribution in [3.63, 3.8) is 0 Å². The fourth-order valence-corrected chi connectivity index (χ4v) is 10.4. The van der Waals surface area contributed by atoms with Gasteiger partial charge in [0.1, 0.15) is 24.5 Å². The molecule has 3 aliphatic rings. The van der Waals surface area contributed by atoms with Gasteiger partial charge in [-0.05, 0) is 86.5 Å². The van der Waals surface area contributed by atoms with Gasteiger partial charge < -0.3 is 48.5 Å². The number of aromatic nitrogens is 2. The molecule has 0 radical (unpaired) electrons. The number of carbonyl (C=O) groups excluding carboxylic acids is 6. The Morgan fingerprint density at radius 3 is 2.25 bits per heavy atom. The predicted molar refractivity (Wildman–Crippen MR) is 276 cm³/mol. The third-order valence-electron chi connectivity index (χ3n) is 13.9. The highest BCUT2D eigenvalue weighted by molar-refractivity contribution is 6.76. The summed E-state index contributed by atoms with van der Waals surface area (Å²) >= 11 is 0. The molecule has 392 valence electrons. The third kappa shape index (κ3) is 13.0. The van der Waals surface area contributed by atoms with E-state index in [1.165, 1.54) is 9.80 Å². The van der Waals surface area contributed by atoms with Gasteiger partial charge in [0.2, 0.25) is 5.91 Å². The monoisotopic (exact) mass is 1030 g/mol. The van der Waals surface area contributed by atoms with Crippen LogP contribution in [0.2, 0.25) is 51.4 Å². The Kier molecular flexibility index (Phi) is 17.3. The van der Waals surface area contributed by atoms with Crippen LogP contribution in [0.4, 0.5) is 9.59 Å². The number of cyclic esters (lactones) is 1. The molecule has 1 aliphatic carbocycles. The number of amides is 3. The first-order valence-electron chi connectivity index (χ1n) is 25.0. The smallest absolute Gasteiger partial charge is 0.415 e. The number of nitrogens with zero attached hydrogens (tertiary/aromatic N) is 4. The SMILES string of the molecule is CCc1c2c(nc3ccc(OC(=O)N(C)CCN(C)C(=O)O[C@H]4/C=C/CC[C@@](C)(C(=O)N[C@@H](CC(=O)OCC[Si](C)(C)C)C(=O)OCC[Si](C)(C)C)CC4)cc13)-c1cc3c(c(=O)n1C2)COC(=O)[C@]3(O)CC. The van der Waals surface area contributed by atoms with Crippen LogP contribution in [0.1, 0.15) is 81.5 Å². The number of allylic oxidation sites excluding steroid dienone is 1. The zero-order chi connectivity index (χ0) is 52.9. The molecule has 0 fully saturated rings. The molecule has 20 heteroatoms. The molecule has 2 aliphatic heterocycles. The molecule has 4 heterocycles. The number of hydrogen-bond acceptors (Lipinski definition) is 14. The van der Waals surface area contributed by atoms with Gasteiger partial charge in [0.25, 0.3) is 5.56 Å². The van der Waals surface area contributed by atoms with E-state index in [9.17, 15) is 38.7 Å². The minimum atomic E-state index is -1.94. The van der Waals surface area contributed by atoms with Gasteiger partial charge in [-0.25, -0.2) is 24.2 Å². The number of pyridine rings is 2. The number of hydrogen-bond donors (Lipinski definition) is 2. The van der Waals surface area contributed by atoms with Crippen molar-refractivity contribution in [2.45, 2.75) is 148 Å². The van der Waals surface area contributed by atoms with Crippen molar-refractivity contribution in [2.24, 2.45) is 5.41 Å². The van der Waals surface area contributed by atoms with Gasteiger partial charge in [-0.1, -0.05) is 66.1 Å². The summed E-state index contributed by atoms with van der Waals surface area (Å²) in [5.74, 6) is -2.18. The molecule has 4 atom stereocenters. The number of nitrogens with one attached hydrogen (secondary N) is 1. The van der Waals surface area contributed by atoms with Crippen molar-refractivity contribution in [3.05, 3.63) is 69.0 Å². The minimum Gasteiger partial charge on any atom is -0.466 e. The van der Waals surface area contributed by atoms with E-state index in [4.69, 9.17) is 28.7 Å². The first kappa shape index (κ1) is 55.4. The molecule has 0 spiro atoms. The van der Waals surface area contributed by atoms with Crippen LogP contribution in [0.3, 0.4) is 0 Å². The van der Waals surface area contributed by atoms with E-state index in [0.717, 1.165) is 28.6 Å². The summed E-state index contributed by atoms with van der Waals surface area (Å²) in [4.78, 5) is 101. The van der Waals surface area contributed by atoms with Crippen molar-refractivity contribution < 1.29 is 57.6 Å². The van der Waals surface area contributed by atoms with E-state index in [1.807, 2.05) is 13.0 Å². The highest BCUT2D eigenvalue weighted by Gasteiger charge is 2.46. The Morgan fingerprint density at radius 1 is 0.931 bits per heavy atom. The van der Waals surface area contributed by atoms with Crippen molar-refractivity contribution in [3.8, 4) is 17.1 Å². The first-order chi connectivity index (χ1) is 33.8. The van der Waals surface area contributed by atoms with Gasteiger partial charge in [0, 0.05) is 65.3 Å². The predicted octanol–water partition coefficient (Wildman–Crippen LogP) is 7.28. The quantitative estimate of drug-likeness (QED) is 0.0433. The molecule has 0 bridgehead atoms. The Morgan fingerprint density at radius 2 is 1.60 bits per heavy atom. The summed E-state index contributed by atoms with van der Waals surface area (Å²) in [5.41, 5.74) is 0.651. The van der Waals surface area contributed by atoms with Gasteiger partial charge in [-0.3, -0.25) is 14.4 Å². The highest BCUT2D eigenvalue weighted by atomic mass is 28.3. The van der Waals surface area contributed by atoms with Gasteiger partial charge in [0.15, 0.2) is 5.60 Å². The number of ether oxygens (including phenoxy) is 5. The summed E-state index contributed by atoms with van der Waals surface area (Å²) in [6.07, 6.45) is 3.59. The number of fused-ring (bicyclic) bond motifs is 5. The maximum atomic E-state index is 14.0. The standard InChI is InChI=1S/C52H73N5O13Si2/c1-12-35-36-28-34(17-18-40(36)53-44-37(35)31-57-42(44)29-39-38(45(57)59)32-68-48(62)52(39,65)13-2)70-50(64)56(5)23-22-55(4)49(63)69-33-16-14-15-20-51(3,21-19-33)47(61)54-41(46(60)67-25-27-72(9,10)11)30-43(58)66-24-26-71(6,7)8/h14,16-18,28-29,33,41,65H,12-13,15,19-27,30-32H2,1-11H3,(H,54,61)/b16-14+/t33-,41-,51+,52-/m0/s1. The minimum absolute atomic E-state index is 0.0366. The lowest BCUT2D eigenvalue weighted by atomic mass is 9.77. The average Bonchev–Trinajstić information content (AvgIpc) is 3.68. The van der Waals surface area contributed by atoms with E-state index >= 15 is 0 Å². The normalized spacial score (nSPS) is 20.3. The van der Waals surface area contributed by atoms with E-state index in [1.54, 1.807) is 62.9 Å². The van der Waals surface area contributed by atoms with Crippen LogP contribution in [0.25, 0.3) is 22.3 Å². The van der Waals surface area contributed by atoms with Gasteiger partial charge in [0.05, 0.1) is 48.6 Å². The second kappa shape index (κ2) is 22.5. The molecule has 0 saturated heterocycles. The number of rotatable bonds is 18. The summed E-state index contributed by atoms with van der Waals surface area (Å²) in [5, 5.41) is 14.8. The van der Waals surface area contributed by atoms with Crippen molar-refractivity contribution in [1.29, 1.82) is 0 Å². The van der Waals surface area contributed by atoms with Gasteiger partial charge in [-0.2, -0.15) is 0 Å². The van der Waals surface area contributed by atoms with Crippen molar-refractivity contribution in [1.82, 2.24) is 24.7 Å². The van der Waals surface area contributed by atoms with Crippen LogP contribution in [0.5, 0.6) is 5.75 Å². The van der Waals surface area contributed by atoms with E-state index < -0.39 is 75.3 Å². The molecular weight excluding hydrogens is 959 g/mol. The van der Waals surface area contributed by atoms with E-state index in [2.05, 4.69) is 44.6 Å². The van der Waals surface area contributed by atoms with Crippen LogP contribution in [-0.4, -0.2) is 129 Å². The number of aliphatic hydroxyl groups is 1. The Bertz CT molecular complexity index is 2680. The third-order valence-corrected chi connectivity index (χ3v) is 17.3. The fraction of sp³-hybridized carbons (Fsp3) is 0.577. The maximum absolute atomic E-state index is 14.0. The second-order valence-electron chi connectivity index (χ2n) is 22.0. The number of carbonyl (C=O) groups is 6. The zero-order valence-electron chi connectivity index (χ0n) is 43.9. The Balaban J connectivity index is 1.03. The average molecular weight is 1030 g/mol. The molecule has 3 aromatic rings. The fourth-order valence-electron chi connectivity index (χ4n) is 8.93. The van der Waals surface area contributed by atoms with Crippen LogP contribution < -0.4 is 15.6 Å². The van der Waals surface area contributed by atoms with Crippen LogP contribution in [0.15, 0.2) is 41.2 Å². The highest BCUT2D eigenvalue weighted by Crippen LogP contribution is 2.41. The Hall–Kier alpha value is -5.87. The second-order valence-corrected chi connectivity index (χ2v) is 33.2. The molecule has 1 aromatic carbocycles. The molecular formula is C52H73N5O13Si2. The molecule has 2 N–H and O–H groups in total. The summed E-state index contributed by atoms with van der Waals surface area (Å²) in [7, 11) is 0.116. The summed E-state index contributed by atoms with van der Waals surface area (Å²) in [6.45, 7) is 19.1. The first-order valence-corrected chi connectivity index (χ1v) is 32.5. The van der Waals surface area contributed by atoms with E-state index in [-0.39, 0.29) is 74.7 Å². The number of benzene rings is 1. The molecule has 0 saturated carbocycles. The molecule has 6 rings (SSSR count). The zero-order valence-corrected chi connectivity index (χ0v) is 45.9. The molecule has 2 aromatic heterocycles. The number of esters is 3. The van der Waals surface area contributed by atoms with Gasteiger partial charge >= 0.3 is 30.1 Å². The van der Waals surface area contributed by atoms with Gasteiger partial charge in [-0.15, -0.1) is 0 Å². The number of aryl methyl sites for hydroxylation is 1. The lowest BCUT2D eigenvalue weighted by Gasteiger charge is -2.32. The topological polar surface area (TPSA) is 222 Å². The summed E-state index contributed by atoms with van der Waals surface area (Å²) < 4.78 is 29.5. The lowest BCUT2D eigenvalue weighted by Crippen LogP contribution is -2.49. The van der Waals surface area contributed by atoms with E-state index in [0.29, 0.717) is 49.0 Å². The lowest BCUT2D eigenvalue weighted by molar-refractivity contribution is -0.172. The van der Waals surface area contributed by atoms with Crippen LogP contribution >= 0.6 is 0 Å². The van der Waals surface area contributed by atoms with Crippen LogP contribution in [0, 0.1) is 5.41 Å². The summed E-state index contributed by atoms with van der Waals surface area (Å²) in [6, 6.07) is 7.07. The van der Waals surface area contributed by atoms with Crippen molar-refractivity contribution >= 4 is 63.1 Å². The molecule has 3 amide bonds. The molecule has 0 unspecified atom stereocenters. The number of likely N-dealkylation sites (N-methyl/N-ethyl adjacent to an activating group) is 2. The molecule has 18 nitrogen and oxygen atoms in total. The Labute approximate surface area is 423 Å². The van der Waals surface area contributed by atoms with Crippen LogP contribution in [-0.2, 0) is 63.3 Å². The largest absolute Gasteiger partial charge is 0.466 e. The maximum Gasteiger partial charge on any atom is 0.415 e.